The van der Waals surface area contributed by atoms with Gasteiger partial charge in [0, 0.05) is 64.6 Å². The van der Waals surface area contributed by atoms with Gasteiger partial charge in [0.2, 0.25) is 0 Å². The van der Waals surface area contributed by atoms with Gasteiger partial charge in [-0.2, -0.15) is 12.6 Å². The van der Waals surface area contributed by atoms with Crippen LogP contribution in [0.4, 0.5) is 0 Å². The third-order valence-electron chi connectivity index (χ3n) is 21.6. The molecule has 588 valence electrons. The fraction of sp³-hybridized carbons (Fsp3) is 0. The summed E-state index contributed by atoms with van der Waals surface area (Å²) in [4.78, 5) is 0. The van der Waals surface area contributed by atoms with Crippen LogP contribution in [0.3, 0.4) is 0 Å². The summed E-state index contributed by atoms with van der Waals surface area (Å²) >= 11 is 1.42. The molecule has 0 saturated heterocycles. The molecule has 0 radical (unpaired) electrons. The topological polar surface area (TPSA) is 200 Å². The summed E-state index contributed by atoms with van der Waals surface area (Å²) in [6, 6.07) is 113. The number of phenolic OH excluding ortho intramolecular Hbond substituents is 2. The third kappa shape index (κ3) is 14.3. The quantitative estimate of drug-likeness (QED) is 0.157. The molecule has 20 aromatic carbocycles. The molecule has 20 aromatic rings. The molecular weight excluding hydrogens is 1730 g/mol. The maximum Gasteiger partial charge on any atom is 0.501 e. The zero-order valence-electron chi connectivity index (χ0n) is 63.1. The predicted octanol–water partition coefficient (Wildman–Crippen LogP) is 26.3. The number of rotatable bonds is 1. The van der Waals surface area contributed by atoms with Crippen molar-refractivity contribution in [3.05, 3.63) is 361 Å². The smallest absolute Gasteiger partial charge is 0.501 e. The van der Waals surface area contributed by atoms with Gasteiger partial charge in [-0.1, -0.05) is 299 Å². The van der Waals surface area contributed by atoms with Crippen LogP contribution >= 0.6 is 31.9 Å². The molecule has 0 fully saturated rings. The Hall–Kier alpha value is -13.6. The molecule has 24 rings (SSSR count). The Balaban J connectivity index is 0.0000000965. The molecule has 15 nitrogen and oxygen atoms in total. The van der Waals surface area contributed by atoms with E-state index in [9.17, 15) is 31.3 Å². The summed E-state index contributed by atoms with van der Waals surface area (Å²) in [6.07, 6.45) is 0. The SMILES string of the molecule is O=S1(=O)Oc2ccc3ccccc3c2-c2c(ccc3ccccc23)O1.O=S1Oc2ccc3cc(Br)ccc3c2-c2c(ccc3cc(Br)ccc23)O1.O=S1Oc2ccc3ccccc3c2-c2c(ccc3ccccc23)O1.O=S1Oc2ccc3ccccc3c2-c2c(ccc3ccccc23)O1.Oc1ccc2ccccc2c1-c1c(O)ccc2ccccc12. The molecule has 0 aromatic heterocycles. The standard InChI is InChI=1S/C20H10Br2O3S.C20H12O4S.2C20H12O3S.C20H14O2/c21-13-3-5-15-11(9-13)1-7-17-19(15)20-16-6-4-14(22)10-12(16)2-8-18(20)25-26(23)24-17;21-25(22)23-17-11-9-13-5-1-3-7-15(13)19(17)20-16-8-4-2-6-14(16)10-12-18(20)24-25;2*21-24-22-17-11-9-13-5-1-3-7-15(13)19(17)20-16-8-4-2-6-14(16)10-12-18(20)23-24;21-17-11-9-13-5-1-3-7-15(13)19(17)20-16-8-4-2-6-14(16)10-12-18(20)22/h1-10H;1-12H;2*1-12H;1-12,21-22H. The van der Waals surface area contributed by atoms with Gasteiger partial charge in [0.25, 0.3) is 0 Å². The molecule has 4 heterocycles. The fourth-order valence-corrected chi connectivity index (χ4v) is 19.8. The highest BCUT2D eigenvalue weighted by molar-refractivity contribution is 9.10. The average molecular weight is 1790 g/mol. The number of benzene rings is 20. The Bertz CT molecular complexity index is 7290. The van der Waals surface area contributed by atoms with Crippen molar-refractivity contribution in [3.8, 4) is 113 Å². The lowest BCUT2D eigenvalue weighted by Crippen LogP contribution is -2.15. The van der Waals surface area contributed by atoms with Crippen molar-refractivity contribution in [1.82, 2.24) is 0 Å². The van der Waals surface area contributed by atoms with Crippen LogP contribution in [0.15, 0.2) is 361 Å². The van der Waals surface area contributed by atoms with E-state index in [0.29, 0.717) is 45.6 Å². The number of fused-ring (bicyclic) bond motifs is 30. The molecule has 0 aliphatic carbocycles. The first-order valence-electron chi connectivity index (χ1n) is 38.1. The van der Waals surface area contributed by atoms with Gasteiger partial charge in [0.1, 0.15) is 11.5 Å². The summed E-state index contributed by atoms with van der Waals surface area (Å²) in [5.41, 5.74) is 8.28. The van der Waals surface area contributed by atoms with Crippen LogP contribution in [-0.4, -0.2) is 31.3 Å². The van der Waals surface area contributed by atoms with Crippen LogP contribution in [0, 0.1) is 0 Å². The molecule has 0 saturated carbocycles. The molecule has 4 aliphatic heterocycles. The van der Waals surface area contributed by atoms with E-state index >= 15 is 0 Å². The molecule has 0 bridgehead atoms. The van der Waals surface area contributed by atoms with Crippen LogP contribution in [0.25, 0.3) is 163 Å². The van der Waals surface area contributed by atoms with Crippen molar-refractivity contribution < 1.29 is 64.7 Å². The van der Waals surface area contributed by atoms with Gasteiger partial charge in [0.15, 0.2) is 46.0 Å². The Morgan fingerprint density at radius 3 is 0.628 bits per heavy atom. The molecule has 121 heavy (non-hydrogen) atoms. The van der Waals surface area contributed by atoms with E-state index in [1.165, 1.54) is 0 Å². The maximum absolute atomic E-state index is 12.2. The van der Waals surface area contributed by atoms with Crippen molar-refractivity contribution >= 4 is 184 Å². The lowest BCUT2D eigenvalue weighted by molar-refractivity contribution is 0.397. The molecule has 21 heteroatoms. The van der Waals surface area contributed by atoms with E-state index < -0.39 is 44.5 Å². The minimum Gasteiger partial charge on any atom is -0.507 e. The minimum atomic E-state index is -4.18. The third-order valence-corrected chi connectivity index (χ3v) is 25.3. The number of hydrogen-bond donors (Lipinski definition) is 2. The first-order chi connectivity index (χ1) is 59.1. The molecule has 0 amide bonds. The Kier molecular flexibility index (Phi) is 19.9. The number of hydrogen-bond acceptors (Lipinski definition) is 15. The van der Waals surface area contributed by atoms with Crippen molar-refractivity contribution in [1.29, 1.82) is 0 Å². The van der Waals surface area contributed by atoms with Crippen molar-refractivity contribution in [2.45, 2.75) is 0 Å². The molecule has 2 N–H and O–H groups in total. The summed E-state index contributed by atoms with van der Waals surface area (Å²) in [5, 5.41) is 41.4. The highest BCUT2D eigenvalue weighted by Crippen LogP contribution is 2.54. The first kappa shape index (κ1) is 76.1. The van der Waals surface area contributed by atoms with Gasteiger partial charge in [-0.05, 0) is 193 Å². The summed E-state index contributed by atoms with van der Waals surface area (Å²) < 4.78 is 107. The first-order valence-corrected chi connectivity index (χ1v) is 44.0. The monoisotopic (exact) mass is 1790 g/mol. The van der Waals surface area contributed by atoms with E-state index in [4.69, 9.17) is 33.5 Å². The summed E-state index contributed by atoms with van der Waals surface area (Å²) in [6.45, 7) is 0. The Morgan fingerprint density at radius 1 is 0.207 bits per heavy atom. The van der Waals surface area contributed by atoms with Crippen LogP contribution in [0.1, 0.15) is 0 Å². The number of halogens is 2. The number of aromatic hydroxyl groups is 2. The average Bonchev–Trinajstić information content (AvgIpc) is 1.71. The van der Waals surface area contributed by atoms with Gasteiger partial charge in [-0.15, -0.1) is 8.42 Å². The van der Waals surface area contributed by atoms with Crippen LogP contribution in [-0.2, 0) is 44.5 Å². The minimum absolute atomic E-state index is 0.172. The van der Waals surface area contributed by atoms with Gasteiger partial charge in [-0.3, -0.25) is 0 Å². The zero-order chi connectivity index (χ0) is 82.1. The van der Waals surface area contributed by atoms with E-state index in [2.05, 4.69) is 92.5 Å². The lowest BCUT2D eigenvalue weighted by Gasteiger charge is -2.14. The Morgan fingerprint density at radius 2 is 0.388 bits per heavy atom. The van der Waals surface area contributed by atoms with Crippen molar-refractivity contribution in [2.75, 3.05) is 0 Å². The maximum atomic E-state index is 12.2. The molecule has 0 spiro atoms. The van der Waals surface area contributed by atoms with Gasteiger partial charge in [-0.25, -0.2) is 0 Å². The van der Waals surface area contributed by atoms with E-state index in [1.807, 2.05) is 267 Å². The second-order valence-electron chi connectivity index (χ2n) is 28.6. The van der Waals surface area contributed by atoms with Gasteiger partial charge in [0.05, 0.1) is 0 Å². The molecule has 0 atom stereocenters. The van der Waals surface area contributed by atoms with Crippen LogP contribution in [0.5, 0.6) is 57.5 Å². The van der Waals surface area contributed by atoms with Crippen molar-refractivity contribution in [2.24, 2.45) is 0 Å². The van der Waals surface area contributed by atoms with Gasteiger partial charge < -0.3 is 43.7 Å². The van der Waals surface area contributed by atoms with Gasteiger partial charge >= 0.3 is 44.5 Å². The second-order valence-corrected chi connectivity index (χ2v) is 33.8. The summed E-state index contributed by atoms with van der Waals surface area (Å²) in [7, 11) is -4.18. The van der Waals surface area contributed by atoms with Crippen molar-refractivity contribution in [3.63, 3.8) is 0 Å². The van der Waals surface area contributed by atoms with E-state index in [0.717, 1.165) is 161 Å². The zero-order valence-corrected chi connectivity index (χ0v) is 69.5. The largest absolute Gasteiger partial charge is 0.507 e. The molecule has 0 unspecified atom stereocenters. The highest BCUT2D eigenvalue weighted by atomic mass is 79.9. The fourth-order valence-electron chi connectivity index (χ4n) is 16.5. The van der Waals surface area contributed by atoms with Crippen LogP contribution < -0.4 is 33.5 Å². The summed E-state index contributed by atoms with van der Waals surface area (Å²) in [5.74, 6) is 4.27. The molecular formula is C100H60Br2O15S4. The highest BCUT2D eigenvalue weighted by Gasteiger charge is 2.32. The second kappa shape index (κ2) is 31.6. The molecule has 4 aliphatic rings. The number of phenols is 2. The Labute approximate surface area is 716 Å². The lowest BCUT2D eigenvalue weighted by atomic mass is 9.92. The normalized spacial score (nSPS) is 13.4. The van der Waals surface area contributed by atoms with E-state index in [-0.39, 0.29) is 23.0 Å². The van der Waals surface area contributed by atoms with Crippen LogP contribution in [0.2, 0.25) is 0 Å². The van der Waals surface area contributed by atoms with E-state index in [1.54, 1.807) is 24.3 Å². The predicted molar refractivity (Wildman–Crippen MR) is 492 cm³/mol.